The zero-order chi connectivity index (χ0) is 21.0. The van der Waals surface area contributed by atoms with E-state index in [0.717, 1.165) is 37.6 Å². The van der Waals surface area contributed by atoms with E-state index in [9.17, 15) is 17.6 Å². The van der Waals surface area contributed by atoms with Gasteiger partial charge in [0.05, 0.1) is 12.7 Å². The average molecular weight is 404 g/mol. The standard InChI is InChI=1S/C23H20F4O2/c1-3-4-14-5-7-15(8-6-14)16-9-19(24)18(20(25)10-16)13-29-17-11-21(26)23(28-2)22(27)12-17/h5-12H,3-4,13H2,1-2H3. The van der Waals surface area contributed by atoms with Crippen molar-refractivity contribution in [1.82, 2.24) is 0 Å². The molecular weight excluding hydrogens is 384 g/mol. The molecule has 2 nitrogen and oxygen atoms in total. The fraction of sp³-hybridized carbons (Fsp3) is 0.217. The molecule has 0 N–H and O–H groups in total. The summed E-state index contributed by atoms with van der Waals surface area (Å²) in [5, 5.41) is 0. The van der Waals surface area contributed by atoms with Gasteiger partial charge in [-0.3, -0.25) is 0 Å². The smallest absolute Gasteiger partial charge is 0.190 e. The van der Waals surface area contributed by atoms with E-state index in [0.29, 0.717) is 11.1 Å². The minimum Gasteiger partial charge on any atom is -0.491 e. The first-order valence-corrected chi connectivity index (χ1v) is 9.16. The molecule has 6 heteroatoms. The van der Waals surface area contributed by atoms with E-state index >= 15 is 0 Å². The number of rotatable bonds is 7. The highest BCUT2D eigenvalue weighted by Gasteiger charge is 2.16. The number of hydrogen-bond acceptors (Lipinski definition) is 2. The summed E-state index contributed by atoms with van der Waals surface area (Å²) in [6.45, 7) is 1.56. The molecule has 0 aliphatic heterocycles. The average Bonchev–Trinajstić information content (AvgIpc) is 2.68. The van der Waals surface area contributed by atoms with Gasteiger partial charge in [-0.1, -0.05) is 37.6 Å². The van der Waals surface area contributed by atoms with Gasteiger partial charge in [-0.2, -0.15) is 0 Å². The second-order valence-electron chi connectivity index (χ2n) is 6.57. The molecule has 0 heterocycles. The third-order valence-electron chi connectivity index (χ3n) is 4.53. The molecule has 0 atom stereocenters. The second-order valence-corrected chi connectivity index (χ2v) is 6.57. The van der Waals surface area contributed by atoms with Gasteiger partial charge in [0.25, 0.3) is 0 Å². The second kappa shape index (κ2) is 8.99. The van der Waals surface area contributed by atoms with E-state index < -0.39 is 35.6 Å². The molecule has 0 aliphatic carbocycles. The molecule has 0 aromatic heterocycles. The number of methoxy groups -OCH3 is 1. The zero-order valence-electron chi connectivity index (χ0n) is 16.1. The highest BCUT2D eigenvalue weighted by molar-refractivity contribution is 5.64. The molecule has 0 aliphatic rings. The predicted octanol–water partition coefficient (Wildman–Crippen LogP) is 6.45. The van der Waals surface area contributed by atoms with Crippen LogP contribution in [0, 0.1) is 23.3 Å². The maximum atomic E-state index is 14.5. The predicted molar refractivity (Wildman–Crippen MR) is 103 cm³/mol. The van der Waals surface area contributed by atoms with Gasteiger partial charge in [-0.25, -0.2) is 17.6 Å². The molecule has 0 saturated carbocycles. The van der Waals surface area contributed by atoms with Crippen LogP contribution in [0.2, 0.25) is 0 Å². The normalized spacial score (nSPS) is 10.8. The maximum absolute atomic E-state index is 14.5. The molecule has 0 radical (unpaired) electrons. The van der Waals surface area contributed by atoms with Crippen LogP contribution in [0.15, 0.2) is 48.5 Å². The van der Waals surface area contributed by atoms with Crippen molar-refractivity contribution in [3.63, 3.8) is 0 Å². The van der Waals surface area contributed by atoms with Gasteiger partial charge >= 0.3 is 0 Å². The largest absolute Gasteiger partial charge is 0.491 e. The summed E-state index contributed by atoms with van der Waals surface area (Å²) < 4.78 is 66.2. The molecule has 3 aromatic carbocycles. The summed E-state index contributed by atoms with van der Waals surface area (Å²) in [6, 6.07) is 11.7. The third kappa shape index (κ3) is 4.70. The van der Waals surface area contributed by atoms with E-state index in [2.05, 4.69) is 11.7 Å². The molecule has 29 heavy (non-hydrogen) atoms. The number of benzene rings is 3. The Balaban J connectivity index is 1.79. The fourth-order valence-electron chi connectivity index (χ4n) is 3.03. The fourth-order valence-corrected chi connectivity index (χ4v) is 3.03. The zero-order valence-corrected chi connectivity index (χ0v) is 16.1. The Labute approximate surface area is 166 Å². The highest BCUT2D eigenvalue weighted by atomic mass is 19.1. The van der Waals surface area contributed by atoms with E-state index in [1.165, 1.54) is 12.1 Å². The lowest BCUT2D eigenvalue weighted by atomic mass is 10.0. The van der Waals surface area contributed by atoms with Crippen molar-refractivity contribution in [3.8, 4) is 22.6 Å². The van der Waals surface area contributed by atoms with Crippen molar-refractivity contribution in [2.75, 3.05) is 7.11 Å². The van der Waals surface area contributed by atoms with Gasteiger partial charge < -0.3 is 9.47 Å². The van der Waals surface area contributed by atoms with Crippen molar-refractivity contribution in [2.45, 2.75) is 26.4 Å². The number of aryl methyl sites for hydroxylation is 1. The summed E-state index contributed by atoms with van der Waals surface area (Å²) in [6.07, 6.45) is 1.95. The molecule has 3 rings (SSSR count). The van der Waals surface area contributed by atoms with Crippen LogP contribution < -0.4 is 9.47 Å². The van der Waals surface area contributed by atoms with E-state index in [4.69, 9.17) is 4.74 Å². The summed E-state index contributed by atoms with van der Waals surface area (Å²) in [5.74, 6) is -4.28. The highest BCUT2D eigenvalue weighted by Crippen LogP contribution is 2.29. The van der Waals surface area contributed by atoms with Crippen molar-refractivity contribution in [3.05, 3.63) is 82.9 Å². The molecule has 0 bridgehead atoms. The Bertz CT molecular complexity index is 954. The van der Waals surface area contributed by atoms with Crippen LogP contribution >= 0.6 is 0 Å². The topological polar surface area (TPSA) is 18.5 Å². The summed E-state index contributed by atoms with van der Waals surface area (Å²) in [4.78, 5) is 0. The number of ether oxygens (including phenoxy) is 2. The Morgan fingerprint density at radius 3 is 1.86 bits per heavy atom. The molecular formula is C23H20F4O2. The van der Waals surface area contributed by atoms with Crippen LogP contribution in [0.4, 0.5) is 17.6 Å². The SMILES string of the molecule is CCCc1ccc(-c2cc(F)c(COc3cc(F)c(OC)c(F)c3)c(F)c2)cc1. The van der Waals surface area contributed by atoms with Crippen molar-refractivity contribution in [2.24, 2.45) is 0 Å². The van der Waals surface area contributed by atoms with Crippen LogP contribution in [-0.4, -0.2) is 7.11 Å². The van der Waals surface area contributed by atoms with Crippen molar-refractivity contribution >= 4 is 0 Å². The minimum atomic E-state index is -0.967. The molecule has 0 fully saturated rings. The van der Waals surface area contributed by atoms with Gasteiger partial charge in [0.2, 0.25) is 0 Å². The molecule has 0 unspecified atom stereocenters. The monoisotopic (exact) mass is 404 g/mol. The molecule has 3 aromatic rings. The lowest BCUT2D eigenvalue weighted by molar-refractivity contribution is 0.286. The number of halogens is 4. The Kier molecular flexibility index (Phi) is 6.42. The van der Waals surface area contributed by atoms with Crippen LogP contribution in [-0.2, 0) is 13.0 Å². The third-order valence-corrected chi connectivity index (χ3v) is 4.53. The summed E-state index contributed by atoms with van der Waals surface area (Å²) >= 11 is 0. The maximum Gasteiger partial charge on any atom is 0.190 e. The van der Waals surface area contributed by atoms with E-state index in [1.54, 1.807) is 0 Å². The van der Waals surface area contributed by atoms with Gasteiger partial charge in [-0.05, 0) is 35.2 Å². The first kappa shape index (κ1) is 20.7. The Morgan fingerprint density at radius 2 is 1.34 bits per heavy atom. The first-order valence-electron chi connectivity index (χ1n) is 9.16. The Morgan fingerprint density at radius 1 is 0.759 bits per heavy atom. The van der Waals surface area contributed by atoms with Crippen LogP contribution in [0.25, 0.3) is 11.1 Å². The van der Waals surface area contributed by atoms with Gasteiger partial charge in [0, 0.05) is 12.1 Å². The summed E-state index contributed by atoms with van der Waals surface area (Å²) in [5.41, 5.74) is 1.91. The van der Waals surface area contributed by atoms with Gasteiger partial charge in [-0.15, -0.1) is 0 Å². The lowest BCUT2D eigenvalue weighted by Gasteiger charge is -2.12. The lowest BCUT2D eigenvalue weighted by Crippen LogP contribution is -2.04. The molecule has 0 saturated heterocycles. The molecule has 0 amide bonds. The van der Waals surface area contributed by atoms with Crippen LogP contribution in [0.5, 0.6) is 11.5 Å². The van der Waals surface area contributed by atoms with E-state index in [-0.39, 0.29) is 11.3 Å². The first-order chi connectivity index (χ1) is 13.9. The van der Waals surface area contributed by atoms with Crippen molar-refractivity contribution < 1.29 is 27.0 Å². The van der Waals surface area contributed by atoms with Gasteiger partial charge in [0.1, 0.15) is 24.0 Å². The Hall–Kier alpha value is -3.02. The van der Waals surface area contributed by atoms with Gasteiger partial charge in [0.15, 0.2) is 17.4 Å². The number of hydrogen-bond donors (Lipinski definition) is 0. The van der Waals surface area contributed by atoms with Crippen molar-refractivity contribution in [1.29, 1.82) is 0 Å². The molecule has 152 valence electrons. The molecule has 0 spiro atoms. The quantitative estimate of drug-likeness (QED) is 0.421. The minimum absolute atomic E-state index is 0.199. The summed E-state index contributed by atoms with van der Waals surface area (Å²) in [7, 11) is 1.13. The van der Waals surface area contributed by atoms with E-state index in [1.807, 2.05) is 24.3 Å². The van der Waals surface area contributed by atoms with Crippen LogP contribution in [0.1, 0.15) is 24.5 Å². The van der Waals surface area contributed by atoms with Crippen LogP contribution in [0.3, 0.4) is 0 Å².